The Labute approximate surface area is 163 Å². The Bertz CT molecular complexity index is 718. The molecule has 0 aliphatic heterocycles. The van der Waals surface area contributed by atoms with Crippen LogP contribution in [0.3, 0.4) is 0 Å². The van der Waals surface area contributed by atoms with Gasteiger partial charge in [-0.15, -0.1) is 0 Å². The molecule has 0 aromatic heterocycles. The number of allylic oxidation sites excluding steroid dienone is 1. The number of hydrogen-bond acceptors (Lipinski definition) is 3. The molecule has 3 heteroatoms. The zero-order valence-electron chi connectivity index (χ0n) is 16.9. The first kappa shape index (κ1) is 19.9. The number of aliphatic hydroxyl groups is 1. The average Bonchev–Trinajstić information content (AvgIpc) is 2.65. The summed E-state index contributed by atoms with van der Waals surface area (Å²) in [5.74, 6) is 0.733. The Morgan fingerprint density at radius 1 is 1.26 bits per heavy atom. The fraction of sp³-hybridized carbons (Fsp3) is 0.542. The van der Waals surface area contributed by atoms with Crippen LogP contribution in [0.15, 0.2) is 48.1 Å². The Morgan fingerprint density at radius 2 is 1.96 bits per heavy atom. The van der Waals surface area contributed by atoms with Crippen molar-refractivity contribution in [3.8, 4) is 0 Å². The van der Waals surface area contributed by atoms with Crippen molar-refractivity contribution in [3.63, 3.8) is 0 Å². The highest BCUT2D eigenvalue weighted by atomic mass is 16.5. The van der Waals surface area contributed by atoms with Gasteiger partial charge in [0.1, 0.15) is 6.10 Å². The summed E-state index contributed by atoms with van der Waals surface area (Å²) in [6, 6.07) is 9.77. The molecule has 2 aliphatic rings. The lowest BCUT2D eigenvalue weighted by atomic mass is 9.55. The minimum absolute atomic E-state index is 0.213. The summed E-state index contributed by atoms with van der Waals surface area (Å²) in [4.78, 5) is 12.7. The molecule has 3 nitrogen and oxygen atoms in total. The molecule has 0 radical (unpaired) electrons. The van der Waals surface area contributed by atoms with Crippen molar-refractivity contribution in [2.75, 3.05) is 0 Å². The van der Waals surface area contributed by atoms with Gasteiger partial charge in [0.2, 0.25) is 0 Å². The van der Waals surface area contributed by atoms with E-state index in [0.717, 1.165) is 30.4 Å². The molecular formula is C24H32O3. The van der Waals surface area contributed by atoms with E-state index in [1.807, 2.05) is 30.3 Å². The monoisotopic (exact) mass is 368 g/mol. The van der Waals surface area contributed by atoms with Crippen molar-refractivity contribution in [1.82, 2.24) is 0 Å². The number of carbonyl (C=O) groups is 1. The van der Waals surface area contributed by atoms with Gasteiger partial charge in [-0.2, -0.15) is 0 Å². The van der Waals surface area contributed by atoms with Gasteiger partial charge in [-0.05, 0) is 48.3 Å². The highest BCUT2D eigenvalue weighted by Gasteiger charge is 2.53. The third-order valence-electron chi connectivity index (χ3n) is 6.78. The van der Waals surface area contributed by atoms with Crippen LogP contribution in [0.5, 0.6) is 0 Å². The van der Waals surface area contributed by atoms with Gasteiger partial charge in [0.15, 0.2) is 0 Å². The number of ether oxygens (including phenoxy) is 1. The first-order valence-electron chi connectivity index (χ1n) is 10.2. The summed E-state index contributed by atoms with van der Waals surface area (Å²) < 4.78 is 6.10. The van der Waals surface area contributed by atoms with Crippen molar-refractivity contribution in [1.29, 1.82) is 0 Å². The third-order valence-corrected chi connectivity index (χ3v) is 6.78. The average molecular weight is 369 g/mol. The third kappa shape index (κ3) is 3.89. The van der Waals surface area contributed by atoms with E-state index in [4.69, 9.17) is 4.74 Å². The molecule has 1 saturated carbocycles. The summed E-state index contributed by atoms with van der Waals surface area (Å²) in [7, 11) is 0. The minimum Gasteiger partial charge on any atom is -0.458 e. The molecule has 0 saturated heterocycles. The van der Waals surface area contributed by atoms with Crippen molar-refractivity contribution in [2.45, 2.75) is 59.2 Å². The van der Waals surface area contributed by atoms with Gasteiger partial charge in [0.25, 0.3) is 0 Å². The number of hydrogen-bond donors (Lipinski definition) is 1. The van der Waals surface area contributed by atoms with Crippen LogP contribution in [-0.4, -0.2) is 23.3 Å². The molecule has 0 spiro atoms. The van der Waals surface area contributed by atoms with Gasteiger partial charge in [-0.25, -0.2) is 4.79 Å². The zero-order chi connectivity index (χ0) is 19.6. The van der Waals surface area contributed by atoms with Gasteiger partial charge in [-0.3, -0.25) is 0 Å². The number of fused-ring (bicyclic) bond motifs is 1. The van der Waals surface area contributed by atoms with Crippen LogP contribution < -0.4 is 0 Å². The van der Waals surface area contributed by atoms with Gasteiger partial charge >= 0.3 is 5.97 Å². The number of rotatable bonds is 4. The van der Waals surface area contributed by atoms with Gasteiger partial charge < -0.3 is 9.84 Å². The fourth-order valence-electron chi connectivity index (χ4n) is 4.86. The van der Waals surface area contributed by atoms with Gasteiger partial charge in [0.05, 0.1) is 6.10 Å². The lowest BCUT2D eigenvalue weighted by molar-refractivity contribution is -0.161. The van der Waals surface area contributed by atoms with E-state index in [0.29, 0.717) is 11.8 Å². The molecule has 146 valence electrons. The van der Waals surface area contributed by atoms with Crippen LogP contribution in [0, 0.1) is 23.2 Å². The minimum atomic E-state index is -0.416. The second-order valence-corrected chi connectivity index (χ2v) is 8.68. The van der Waals surface area contributed by atoms with Crippen molar-refractivity contribution in [3.05, 3.63) is 53.6 Å². The molecular weight excluding hydrogens is 336 g/mol. The smallest absolute Gasteiger partial charge is 0.331 e. The zero-order valence-corrected chi connectivity index (χ0v) is 16.9. The number of aliphatic hydroxyl groups excluding tert-OH is 1. The highest BCUT2D eigenvalue weighted by molar-refractivity contribution is 5.87. The number of esters is 1. The lowest BCUT2D eigenvalue weighted by Crippen LogP contribution is -2.54. The topological polar surface area (TPSA) is 46.5 Å². The van der Waals surface area contributed by atoms with Crippen molar-refractivity contribution in [2.24, 2.45) is 23.2 Å². The van der Waals surface area contributed by atoms with E-state index >= 15 is 0 Å². The number of carbonyl (C=O) groups excluding carboxylic acids is 1. The summed E-state index contributed by atoms with van der Waals surface area (Å²) in [6.07, 6.45) is 7.51. The van der Waals surface area contributed by atoms with E-state index in [9.17, 15) is 9.90 Å². The van der Waals surface area contributed by atoms with E-state index < -0.39 is 6.10 Å². The van der Waals surface area contributed by atoms with Crippen molar-refractivity contribution >= 4 is 12.0 Å². The first-order chi connectivity index (χ1) is 12.8. The highest BCUT2D eigenvalue weighted by Crippen LogP contribution is 2.54. The molecule has 0 amide bonds. The van der Waals surface area contributed by atoms with E-state index in [2.05, 4.69) is 33.8 Å². The largest absolute Gasteiger partial charge is 0.458 e. The van der Waals surface area contributed by atoms with Crippen LogP contribution in [0.4, 0.5) is 0 Å². The Morgan fingerprint density at radius 3 is 2.63 bits per heavy atom. The van der Waals surface area contributed by atoms with Gasteiger partial charge in [-0.1, -0.05) is 64.1 Å². The predicted octanol–water partition coefficient (Wildman–Crippen LogP) is 5.01. The van der Waals surface area contributed by atoms with Gasteiger partial charge in [0, 0.05) is 17.4 Å². The molecule has 5 atom stereocenters. The first-order valence-corrected chi connectivity index (χ1v) is 10.2. The second kappa shape index (κ2) is 8.02. The van der Waals surface area contributed by atoms with E-state index in [1.165, 1.54) is 6.08 Å². The molecule has 1 aromatic carbocycles. The molecule has 1 N–H and O–H groups in total. The Kier molecular flexibility index (Phi) is 5.90. The van der Waals surface area contributed by atoms with Crippen LogP contribution >= 0.6 is 0 Å². The maximum absolute atomic E-state index is 12.7. The normalized spacial score (nSPS) is 33.6. The van der Waals surface area contributed by atoms with E-state index in [-0.39, 0.29) is 23.4 Å². The SMILES string of the molecule is CC(C)C1CC=C2C(O)CCC(C)C2(C)C1OC(=O)C=Cc1ccccc1. The molecule has 0 heterocycles. The lowest BCUT2D eigenvalue weighted by Gasteiger charge is -2.53. The maximum Gasteiger partial charge on any atom is 0.331 e. The molecule has 2 aliphatic carbocycles. The standard InChI is InChI=1S/C24H32O3/c1-16(2)19-12-13-20-21(25)14-10-17(3)24(20,4)23(19)27-22(26)15-11-18-8-6-5-7-9-18/h5-9,11,13,15-17,19,21,23,25H,10,12,14H2,1-4H3. The van der Waals surface area contributed by atoms with Crippen molar-refractivity contribution < 1.29 is 14.6 Å². The molecule has 5 unspecified atom stereocenters. The fourth-order valence-corrected chi connectivity index (χ4v) is 4.86. The quantitative estimate of drug-likeness (QED) is 0.461. The second-order valence-electron chi connectivity index (χ2n) is 8.68. The summed E-state index contributed by atoms with van der Waals surface area (Å²) in [5.41, 5.74) is 1.75. The molecule has 3 rings (SSSR count). The van der Waals surface area contributed by atoms with Crippen LogP contribution in [-0.2, 0) is 9.53 Å². The summed E-state index contributed by atoms with van der Waals surface area (Å²) >= 11 is 0. The molecule has 0 bridgehead atoms. The molecule has 1 aromatic rings. The molecule has 1 fully saturated rings. The maximum atomic E-state index is 12.7. The predicted molar refractivity (Wildman–Crippen MR) is 109 cm³/mol. The molecule has 27 heavy (non-hydrogen) atoms. The number of benzene rings is 1. The van der Waals surface area contributed by atoms with Crippen LogP contribution in [0.25, 0.3) is 6.08 Å². The Hall–Kier alpha value is -1.87. The summed E-state index contributed by atoms with van der Waals surface area (Å²) in [5, 5.41) is 10.6. The van der Waals surface area contributed by atoms with Crippen LogP contribution in [0.1, 0.15) is 52.5 Å². The Balaban J connectivity index is 1.86. The van der Waals surface area contributed by atoms with E-state index in [1.54, 1.807) is 6.08 Å². The summed E-state index contributed by atoms with van der Waals surface area (Å²) in [6.45, 7) is 8.79. The van der Waals surface area contributed by atoms with Crippen LogP contribution in [0.2, 0.25) is 0 Å².